The summed E-state index contributed by atoms with van der Waals surface area (Å²) in [4.78, 5) is 13.4. The van der Waals surface area contributed by atoms with E-state index in [0.717, 1.165) is 31.7 Å². The first-order chi connectivity index (χ1) is 9.03. The van der Waals surface area contributed by atoms with Crippen molar-refractivity contribution in [1.29, 1.82) is 0 Å². The minimum Gasteiger partial charge on any atom is -0.497 e. The lowest BCUT2D eigenvalue weighted by atomic mass is 9.90. The Bertz CT molecular complexity index is 443. The van der Waals surface area contributed by atoms with E-state index in [2.05, 4.69) is 17.0 Å². The van der Waals surface area contributed by atoms with Gasteiger partial charge in [0.25, 0.3) is 0 Å². The summed E-state index contributed by atoms with van der Waals surface area (Å²) < 4.78 is 5.13. The molecule has 0 spiro atoms. The lowest BCUT2D eigenvalue weighted by Gasteiger charge is -2.20. The molecule has 1 aromatic rings. The third-order valence-corrected chi connectivity index (χ3v) is 3.94. The van der Waals surface area contributed by atoms with Gasteiger partial charge in [0.05, 0.1) is 12.5 Å². The predicted molar refractivity (Wildman–Crippen MR) is 73.5 cm³/mol. The van der Waals surface area contributed by atoms with Gasteiger partial charge in [-0.05, 0) is 44.0 Å². The summed E-state index contributed by atoms with van der Waals surface area (Å²) in [5.74, 6) is 0.183. The number of likely N-dealkylation sites (tertiary alicyclic amines) is 1. The average molecular weight is 263 g/mol. The number of carboxylic acid groups (broad SMARTS) is 1. The van der Waals surface area contributed by atoms with Crippen LogP contribution < -0.4 is 4.74 Å². The van der Waals surface area contributed by atoms with Gasteiger partial charge in [-0.2, -0.15) is 0 Å². The third-order valence-electron chi connectivity index (χ3n) is 3.94. The van der Waals surface area contributed by atoms with Crippen LogP contribution in [0.25, 0.3) is 0 Å². The van der Waals surface area contributed by atoms with Gasteiger partial charge in [-0.3, -0.25) is 4.79 Å². The first-order valence-electron chi connectivity index (χ1n) is 6.62. The van der Waals surface area contributed by atoms with Crippen molar-refractivity contribution in [2.75, 3.05) is 26.7 Å². The molecule has 0 aromatic heterocycles. The van der Waals surface area contributed by atoms with E-state index in [1.165, 1.54) is 5.56 Å². The van der Waals surface area contributed by atoms with Crippen LogP contribution in [0.3, 0.4) is 0 Å². The van der Waals surface area contributed by atoms with Crippen molar-refractivity contribution in [1.82, 2.24) is 4.90 Å². The minimum absolute atomic E-state index is 0.570. The number of rotatable bonds is 5. The molecule has 0 bridgehead atoms. The highest BCUT2D eigenvalue weighted by atomic mass is 16.5. The van der Waals surface area contributed by atoms with Crippen LogP contribution in [-0.2, 0) is 11.2 Å². The zero-order valence-corrected chi connectivity index (χ0v) is 11.6. The van der Waals surface area contributed by atoms with Crippen LogP contribution in [0.15, 0.2) is 24.3 Å². The Labute approximate surface area is 114 Å². The minimum atomic E-state index is -0.681. The number of benzene rings is 1. The van der Waals surface area contributed by atoms with Crippen LogP contribution in [0.2, 0.25) is 0 Å². The molecule has 1 fully saturated rings. The molecule has 4 heteroatoms. The largest absolute Gasteiger partial charge is 0.497 e. The molecule has 4 nitrogen and oxygen atoms in total. The van der Waals surface area contributed by atoms with Crippen molar-refractivity contribution in [3.05, 3.63) is 29.8 Å². The van der Waals surface area contributed by atoms with E-state index in [0.29, 0.717) is 6.54 Å². The van der Waals surface area contributed by atoms with E-state index in [1.54, 1.807) is 7.11 Å². The van der Waals surface area contributed by atoms with Gasteiger partial charge in [-0.1, -0.05) is 12.1 Å². The number of aliphatic carboxylic acids is 1. The number of hydrogen-bond acceptors (Lipinski definition) is 3. The second-order valence-electron chi connectivity index (χ2n) is 5.49. The van der Waals surface area contributed by atoms with Crippen LogP contribution in [0.1, 0.15) is 18.9 Å². The van der Waals surface area contributed by atoms with Gasteiger partial charge in [0, 0.05) is 13.1 Å². The molecule has 104 valence electrons. The van der Waals surface area contributed by atoms with E-state index >= 15 is 0 Å². The maximum Gasteiger partial charge on any atom is 0.310 e. The summed E-state index contributed by atoms with van der Waals surface area (Å²) in [7, 11) is 1.66. The maximum absolute atomic E-state index is 11.2. The molecular formula is C15H21NO3. The summed E-state index contributed by atoms with van der Waals surface area (Å²) in [6, 6.07) is 8.04. The fourth-order valence-electron chi connectivity index (χ4n) is 2.50. The number of carbonyl (C=O) groups is 1. The number of carboxylic acids is 1. The SMILES string of the molecule is COc1ccc(CCN2CCC(C)(C(=O)O)C2)cc1. The second kappa shape index (κ2) is 5.61. The molecule has 1 aromatic carbocycles. The zero-order chi connectivity index (χ0) is 13.9. The molecule has 19 heavy (non-hydrogen) atoms. The smallest absolute Gasteiger partial charge is 0.310 e. The molecule has 0 aliphatic carbocycles. The molecule has 1 aliphatic rings. The Morgan fingerprint density at radius 2 is 2.11 bits per heavy atom. The van der Waals surface area contributed by atoms with E-state index in [9.17, 15) is 9.90 Å². The Morgan fingerprint density at radius 3 is 2.63 bits per heavy atom. The standard InChI is InChI=1S/C15H21NO3/c1-15(14(17)18)8-10-16(11-15)9-7-12-3-5-13(19-2)6-4-12/h3-6H,7-11H2,1-2H3,(H,17,18). The van der Waals surface area contributed by atoms with Crippen LogP contribution in [-0.4, -0.2) is 42.7 Å². The molecule has 1 saturated heterocycles. The molecule has 1 atom stereocenters. The van der Waals surface area contributed by atoms with Crippen molar-refractivity contribution in [3.63, 3.8) is 0 Å². The molecular weight excluding hydrogens is 242 g/mol. The van der Waals surface area contributed by atoms with Crippen molar-refractivity contribution in [3.8, 4) is 5.75 Å². The Balaban J connectivity index is 1.85. The van der Waals surface area contributed by atoms with Crippen LogP contribution >= 0.6 is 0 Å². The van der Waals surface area contributed by atoms with E-state index in [-0.39, 0.29) is 0 Å². The molecule has 2 rings (SSSR count). The number of ether oxygens (including phenoxy) is 1. The molecule has 0 radical (unpaired) electrons. The number of hydrogen-bond donors (Lipinski definition) is 1. The summed E-state index contributed by atoms with van der Waals surface area (Å²) in [5, 5.41) is 9.19. The van der Waals surface area contributed by atoms with Gasteiger partial charge < -0.3 is 14.7 Å². The van der Waals surface area contributed by atoms with E-state index in [1.807, 2.05) is 19.1 Å². The predicted octanol–water partition coefficient (Wildman–Crippen LogP) is 2.03. The highest BCUT2D eigenvalue weighted by molar-refractivity contribution is 5.74. The molecule has 1 N–H and O–H groups in total. The lowest BCUT2D eigenvalue weighted by Crippen LogP contribution is -2.32. The van der Waals surface area contributed by atoms with E-state index < -0.39 is 11.4 Å². The molecule has 1 aliphatic heterocycles. The lowest BCUT2D eigenvalue weighted by molar-refractivity contribution is -0.147. The zero-order valence-electron chi connectivity index (χ0n) is 11.6. The number of nitrogens with zero attached hydrogens (tertiary/aromatic N) is 1. The second-order valence-corrected chi connectivity index (χ2v) is 5.49. The molecule has 1 heterocycles. The van der Waals surface area contributed by atoms with Gasteiger partial charge in [0.2, 0.25) is 0 Å². The molecule has 0 amide bonds. The fourth-order valence-corrected chi connectivity index (χ4v) is 2.50. The highest BCUT2D eigenvalue weighted by Crippen LogP contribution is 2.30. The average Bonchev–Trinajstić information content (AvgIpc) is 2.80. The van der Waals surface area contributed by atoms with Crippen molar-refractivity contribution < 1.29 is 14.6 Å². The highest BCUT2D eigenvalue weighted by Gasteiger charge is 2.39. The van der Waals surface area contributed by atoms with Gasteiger partial charge >= 0.3 is 5.97 Å². The first-order valence-corrected chi connectivity index (χ1v) is 6.62. The van der Waals surface area contributed by atoms with Gasteiger partial charge in [0.15, 0.2) is 0 Å². The van der Waals surface area contributed by atoms with Crippen molar-refractivity contribution >= 4 is 5.97 Å². The van der Waals surface area contributed by atoms with Crippen molar-refractivity contribution in [2.45, 2.75) is 19.8 Å². The first kappa shape index (κ1) is 13.9. The summed E-state index contributed by atoms with van der Waals surface area (Å²) in [5.41, 5.74) is 0.685. The molecule has 0 saturated carbocycles. The number of methoxy groups -OCH3 is 1. The van der Waals surface area contributed by atoms with Gasteiger partial charge in [-0.25, -0.2) is 0 Å². The maximum atomic E-state index is 11.2. The van der Waals surface area contributed by atoms with Gasteiger partial charge in [-0.15, -0.1) is 0 Å². The van der Waals surface area contributed by atoms with E-state index in [4.69, 9.17) is 4.74 Å². The Morgan fingerprint density at radius 1 is 1.42 bits per heavy atom. The summed E-state index contributed by atoms with van der Waals surface area (Å²) in [6.07, 6.45) is 1.69. The third kappa shape index (κ3) is 3.26. The van der Waals surface area contributed by atoms with Crippen LogP contribution in [0, 0.1) is 5.41 Å². The van der Waals surface area contributed by atoms with Crippen LogP contribution in [0.5, 0.6) is 5.75 Å². The normalized spacial score (nSPS) is 23.5. The quantitative estimate of drug-likeness (QED) is 0.883. The monoisotopic (exact) mass is 263 g/mol. The molecule has 1 unspecified atom stereocenters. The fraction of sp³-hybridized carbons (Fsp3) is 0.533. The summed E-state index contributed by atoms with van der Waals surface area (Å²) in [6.45, 7) is 4.27. The van der Waals surface area contributed by atoms with Crippen LogP contribution in [0.4, 0.5) is 0 Å². The Kier molecular flexibility index (Phi) is 4.10. The Hall–Kier alpha value is -1.55. The topological polar surface area (TPSA) is 49.8 Å². The van der Waals surface area contributed by atoms with Gasteiger partial charge in [0.1, 0.15) is 5.75 Å². The van der Waals surface area contributed by atoms with Crippen molar-refractivity contribution in [2.24, 2.45) is 5.41 Å². The summed E-state index contributed by atoms with van der Waals surface area (Å²) >= 11 is 0.